The Morgan fingerprint density at radius 2 is 1.81 bits per heavy atom. The van der Waals surface area contributed by atoms with Gasteiger partial charge < -0.3 is 5.32 Å². The highest BCUT2D eigenvalue weighted by Crippen LogP contribution is 2.20. The van der Waals surface area contributed by atoms with Gasteiger partial charge in [0.1, 0.15) is 0 Å². The molecule has 0 aliphatic carbocycles. The van der Waals surface area contributed by atoms with E-state index in [0.717, 1.165) is 16.8 Å². The van der Waals surface area contributed by atoms with Gasteiger partial charge in [-0.15, -0.1) is 0 Å². The first-order chi connectivity index (χ1) is 9.97. The van der Waals surface area contributed by atoms with Gasteiger partial charge >= 0.3 is 0 Å². The number of hydrogen-bond acceptors (Lipinski definition) is 2. The summed E-state index contributed by atoms with van der Waals surface area (Å²) >= 11 is 11.1. The highest BCUT2D eigenvalue weighted by Gasteiger charge is 2.10. The van der Waals surface area contributed by atoms with E-state index in [1.165, 1.54) is 0 Å². The Labute approximate surface area is 134 Å². The van der Waals surface area contributed by atoms with Crippen molar-refractivity contribution in [3.63, 3.8) is 0 Å². The van der Waals surface area contributed by atoms with Crippen LogP contribution in [0.3, 0.4) is 0 Å². The van der Waals surface area contributed by atoms with Crippen LogP contribution in [-0.2, 0) is 0 Å². The normalized spacial score (nSPS) is 10.0. The third kappa shape index (κ3) is 4.03. The largest absolute Gasteiger partial charge is 0.332 e. The molecule has 0 aliphatic rings. The van der Waals surface area contributed by atoms with Gasteiger partial charge in [0.15, 0.2) is 5.11 Å². The molecular formula is C16H15ClN2OS. The van der Waals surface area contributed by atoms with Crippen molar-refractivity contribution in [1.82, 2.24) is 5.32 Å². The molecular weight excluding hydrogens is 304 g/mol. The van der Waals surface area contributed by atoms with Gasteiger partial charge in [-0.1, -0.05) is 35.9 Å². The van der Waals surface area contributed by atoms with Crippen LogP contribution in [-0.4, -0.2) is 11.0 Å². The fourth-order valence-corrected chi connectivity index (χ4v) is 2.26. The van der Waals surface area contributed by atoms with Gasteiger partial charge in [0.05, 0.1) is 0 Å². The van der Waals surface area contributed by atoms with Crippen molar-refractivity contribution in [1.29, 1.82) is 0 Å². The predicted molar refractivity (Wildman–Crippen MR) is 91.1 cm³/mol. The van der Waals surface area contributed by atoms with Crippen LogP contribution >= 0.6 is 23.8 Å². The number of hydrogen-bond donors (Lipinski definition) is 2. The molecule has 0 heterocycles. The topological polar surface area (TPSA) is 41.1 Å². The van der Waals surface area contributed by atoms with Crippen LogP contribution in [0.5, 0.6) is 0 Å². The number of thiocarbonyl (C=S) groups is 1. The summed E-state index contributed by atoms with van der Waals surface area (Å²) in [6, 6.07) is 12.8. The highest BCUT2D eigenvalue weighted by atomic mass is 35.5. The Morgan fingerprint density at radius 3 is 2.52 bits per heavy atom. The molecule has 0 saturated heterocycles. The quantitative estimate of drug-likeness (QED) is 0.820. The monoisotopic (exact) mass is 318 g/mol. The molecule has 108 valence electrons. The second kappa shape index (κ2) is 6.70. The molecule has 2 N–H and O–H groups in total. The maximum Gasteiger partial charge on any atom is 0.257 e. The average molecular weight is 319 g/mol. The molecule has 0 aliphatic heterocycles. The third-order valence-electron chi connectivity index (χ3n) is 3.06. The molecule has 2 aromatic carbocycles. The molecule has 0 unspecified atom stereocenters. The van der Waals surface area contributed by atoms with E-state index < -0.39 is 0 Å². The van der Waals surface area contributed by atoms with Gasteiger partial charge in [0.2, 0.25) is 0 Å². The minimum atomic E-state index is -0.231. The van der Waals surface area contributed by atoms with E-state index in [1.807, 2.05) is 38.1 Å². The summed E-state index contributed by atoms with van der Waals surface area (Å²) in [5.74, 6) is -0.231. The molecule has 2 rings (SSSR count). The summed E-state index contributed by atoms with van der Waals surface area (Å²) in [5.41, 5.74) is 3.27. The molecule has 21 heavy (non-hydrogen) atoms. The molecule has 0 spiro atoms. The Kier molecular flexibility index (Phi) is 4.94. The number of carbonyl (C=O) groups is 1. The van der Waals surface area contributed by atoms with Crippen molar-refractivity contribution in [3.8, 4) is 0 Å². The first-order valence-corrected chi connectivity index (χ1v) is 7.20. The standard InChI is InChI=1S/C16H15ClN2OS/c1-10-5-3-4-6-13(10)15(20)19-16(21)18-14-9-12(17)8-7-11(14)2/h3-9H,1-2H3,(H2,18,19,20,21). The summed E-state index contributed by atoms with van der Waals surface area (Å²) in [6.45, 7) is 3.82. The second-order valence-electron chi connectivity index (χ2n) is 4.68. The molecule has 0 radical (unpaired) electrons. The molecule has 0 aromatic heterocycles. The van der Waals surface area contributed by atoms with Crippen LogP contribution < -0.4 is 10.6 Å². The van der Waals surface area contributed by atoms with E-state index in [0.29, 0.717) is 10.6 Å². The number of amides is 1. The lowest BCUT2D eigenvalue weighted by atomic mass is 10.1. The van der Waals surface area contributed by atoms with E-state index in [1.54, 1.807) is 18.2 Å². The summed E-state index contributed by atoms with van der Waals surface area (Å²) in [5, 5.41) is 6.51. The number of carbonyl (C=O) groups excluding carboxylic acids is 1. The molecule has 2 aromatic rings. The predicted octanol–water partition coefficient (Wildman–Crippen LogP) is 4.08. The number of rotatable bonds is 2. The molecule has 5 heteroatoms. The Hall–Kier alpha value is -1.91. The SMILES string of the molecule is Cc1ccc(Cl)cc1NC(=S)NC(=O)c1ccccc1C. The van der Waals surface area contributed by atoms with Crippen molar-refractivity contribution in [2.75, 3.05) is 5.32 Å². The molecule has 0 fully saturated rings. The number of nitrogens with one attached hydrogen (secondary N) is 2. The minimum Gasteiger partial charge on any atom is -0.332 e. The van der Waals surface area contributed by atoms with Crippen LogP contribution in [0.25, 0.3) is 0 Å². The first kappa shape index (κ1) is 15.5. The van der Waals surface area contributed by atoms with Crippen molar-refractivity contribution >= 4 is 40.5 Å². The molecule has 0 atom stereocenters. The molecule has 0 bridgehead atoms. The van der Waals surface area contributed by atoms with Crippen molar-refractivity contribution in [2.24, 2.45) is 0 Å². The van der Waals surface area contributed by atoms with E-state index in [2.05, 4.69) is 10.6 Å². The van der Waals surface area contributed by atoms with Gasteiger partial charge in [-0.2, -0.15) is 0 Å². The van der Waals surface area contributed by atoms with Gasteiger partial charge in [0.25, 0.3) is 5.91 Å². The fraction of sp³-hybridized carbons (Fsp3) is 0.125. The fourth-order valence-electron chi connectivity index (χ4n) is 1.88. The number of halogens is 1. The summed E-state index contributed by atoms with van der Waals surface area (Å²) < 4.78 is 0. The number of benzene rings is 2. The van der Waals surface area contributed by atoms with Gasteiger partial charge in [0, 0.05) is 16.3 Å². The van der Waals surface area contributed by atoms with E-state index >= 15 is 0 Å². The minimum absolute atomic E-state index is 0.231. The van der Waals surface area contributed by atoms with Crippen LogP contribution in [0.2, 0.25) is 5.02 Å². The summed E-state index contributed by atoms with van der Waals surface area (Å²) in [6.07, 6.45) is 0. The Balaban J connectivity index is 2.07. The van der Waals surface area contributed by atoms with E-state index in [-0.39, 0.29) is 11.0 Å². The molecule has 3 nitrogen and oxygen atoms in total. The summed E-state index contributed by atoms with van der Waals surface area (Å²) in [4.78, 5) is 12.2. The van der Waals surface area contributed by atoms with Crippen molar-refractivity contribution in [3.05, 3.63) is 64.2 Å². The number of anilines is 1. The van der Waals surface area contributed by atoms with E-state index in [9.17, 15) is 4.79 Å². The van der Waals surface area contributed by atoms with Crippen molar-refractivity contribution in [2.45, 2.75) is 13.8 Å². The van der Waals surface area contributed by atoms with Gasteiger partial charge in [-0.25, -0.2) is 0 Å². The average Bonchev–Trinajstić information content (AvgIpc) is 2.43. The van der Waals surface area contributed by atoms with Gasteiger partial charge in [-0.05, 0) is 55.4 Å². The zero-order chi connectivity index (χ0) is 15.4. The van der Waals surface area contributed by atoms with Gasteiger partial charge in [-0.3, -0.25) is 10.1 Å². The van der Waals surface area contributed by atoms with Crippen molar-refractivity contribution < 1.29 is 4.79 Å². The zero-order valence-corrected chi connectivity index (χ0v) is 13.3. The molecule has 0 saturated carbocycles. The smallest absolute Gasteiger partial charge is 0.257 e. The second-order valence-corrected chi connectivity index (χ2v) is 5.53. The molecule has 1 amide bonds. The maximum atomic E-state index is 12.2. The maximum absolute atomic E-state index is 12.2. The lowest BCUT2D eigenvalue weighted by molar-refractivity contribution is 0.0977. The van der Waals surface area contributed by atoms with Crippen LogP contribution in [0.4, 0.5) is 5.69 Å². The highest BCUT2D eigenvalue weighted by molar-refractivity contribution is 7.80. The van der Waals surface area contributed by atoms with E-state index in [4.69, 9.17) is 23.8 Å². The van der Waals surface area contributed by atoms with Crippen LogP contribution in [0.1, 0.15) is 21.5 Å². The zero-order valence-electron chi connectivity index (χ0n) is 11.7. The number of aryl methyl sites for hydroxylation is 2. The lowest BCUT2D eigenvalue weighted by Gasteiger charge is -2.12. The Bertz CT molecular complexity index is 700. The van der Waals surface area contributed by atoms with Crippen LogP contribution in [0.15, 0.2) is 42.5 Å². The Morgan fingerprint density at radius 1 is 1.10 bits per heavy atom. The first-order valence-electron chi connectivity index (χ1n) is 6.41. The van der Waals surface area contributed by atoms with Crippen LogP contribution in [0, 0.1) is 13.8 Å². The lowest BCUT2D eigenvalue weighted by Crippen LogP contribution is -2.34. The third-order valence-corrected chi connectivity index (χ3v) is 3.50. The summed E-state index contributed by atoms with van der Waals surface area (Å²) in [7, 11) is 0.